The van der Waals surface area contributed by atoms with Crippen LogP contribution in [0.15, 0.2) is 16.5 Å². The van der Waals surface area contributed by atoms with E-state index in [2.05, 4.69) is 4.72 Å². The number of sulfonamides is 1. The molecule has 1 unspecified atom stereocenters. The molecule has 1 aromatic heterocycles. The van der Waals surface area contributed by atoms with E-state index in [0.717, 1.165) is 19.1 Å². The molecular formula is C12H18N2O4S. The molecule has 1 saturated heterocycles. The number of hydrogen-bond donors (Lipinski definition) is 1. The maximum atomic E-state index is 12.2. The van der Waals surface area contributed by atoms with Gasteiger partial charge in [0.2, 0.25) is 10.0 Å². The number of carbonyl (C=O) groups excluding carboxylic acids is 1. The zero-order chi connectivity index (χ0) is 14.0. The van der Waals surface area contributed by atoms with Crippen LogP contribution in [0.2, 0.25) is 0 Å². The summed E-state index contributed by atoms with van der Waals surface area (Å²) >= 11 is 0. The minimum Gasteiger partial charge on any atom is -0.456 e. The summed E-state index contributed by atoms with van der Waals surface area (Å²) in [5.74, 6) is 0.803. The monoisotopic (exact) mass is 286 g/mol. The van der Waals surface area contributed by atoms with E-state index in [9.17, 15) is 13.2 Å². The first-order valence-electron chi connectivity index (χ1n) is 6.18. The molecule has 1 aromatic rings. The highest BCUT2D eigenvalue weighted by Crippen LogP contribution is 2.16. The summed E-state index contributed by atoms with van der Waals surface area (Å²) in [4.78, 5) is 13.8. The SMILES string of the molecule is Cc1ccc(C(=O)N2CCCC(NS(C)(=O)=O)C2)o1. The van der Waals surface area contributed by atoms with E-state index in [-0.39, 0.29) is 11.9 Å². The first-order chi connectivity index (χ1) is 8.85. The molecule has 0 aliphatic carbocycles. The maximum absolute atomic E-state index is 12.2. The molecule has 1 amide bonds. The summed E-state index contributed by atoms with van der Waals surface area (Å²) in [6.45, 7) is 2.78. The lowest BCUT2D eigenvalue weighted by Crippen LogP contribution is -2.49. The van der Waals surface area contributed by atoms with E-state index in [4.69, 9.17) is 4.42 Å². The van der Waals surface area contributed by atoms with E-state index < -0.39 is 10.0 Å². The Morgan fingerprint density at radius 2 is 2.21 bits per heavy atom. The molecule has 1 aliphatic heterocycles. The smallest absolute Gasteiger partial charge is 0.289 e. The van der Waals surface area contributed by atoms with E-state index in [1.165, 1.54) is 0 Å². The molecule has 1 atom stereocenters. The lowest BCUT2D eigenvalue weighted by molar-refractivity contribution is 0.0669. The largest absolute Gasteiger partial charge is 0.456 e. The topological polar surface area (TPSA) is 79.6 Å². The van der Waals surface area contributed by atoms with Crippen LogP contribution in [0.25, 0.3) is 0 Å². The lowest BCUT2D eigenvalue weighted by Gasteiger charge is -2.32. The quantitative estimate of drug-likeness (QED) is 0.889. The Labute approximate surface area is 112 Å². The number of nitrogens with zero attached hydrogens (tertiary/aromatic N) is 1. The van der Waals surface area contributed by atoms with Crippen LogP contribution in [-0.4, -0.2) is 44.6 Å². The van der Waals surface area contributed by atoms with Gasteiger partial charge in [0.05, 0.1) is 6.26 Å². The van der Waals surface area contributed by atoms with Gasteiger partial charge in [-0.05, 0) is 31.9 Å². The lowest BCUT2D eigenvalue weighted by atomic mass is 10.1. The average Bonchev–Trinajstić information content (AvgIpc) is 2.73. The van der Waals surface area contributed by atoms with Crippen molar-refractivity contribution in [2.45, 2.75) is 25.8 Å². The summed E-state index contributed by atoms with van der Waals surface area (Å²) in [6, 6.07) is 3.16. The molecule has 1 aliphatic rings. The zero-order valence-corrected chi connectivity index (χ0v) is 11.9. The van der Waals surface area contributed by atoms with Gasteiger partial charge in [0.25, 0.3) is 5.91 Å². The van der Waals surface area contributed by atoms with Gasteiger partial charge in [-0.15, -0.1) is 0 Å². The first kappa shape index (κ1) is 14.1. The molecule has 19 heavy (non-hydrogen) atoms. The van der Waals surface area contributed by atoms with Crippen LogP contribution in [0.4, 0.5) is 0 Å². The van der Waals surface area contributed by atoms with Crippen molar-refractivity contribution < 1.29 is 17.6 Å². The standard InChI is InChI=1S/C12H18N2O4S/c1-9-5-6-11(18-9)12(15)14-7-3-4-10(8-14)13-19(2,16)17/h5-6,10,13H,3-4,7-8H2,1-2H3. The van der Waals surface area contributed by atoms with E-state index in [1.807, 2.05) is 0 Å². The van der Waals surface area contributed by atoms with Gasteiger partial charge in [0, 0.05) is 19.1 Å². The number of hydrogen-bond acceptors (Lipinski definition) is 4. The number of amides is 1. The fourth-order valence-electron chi connectivity index (χ4n) is 2.27. The Kier molecular flexibility index (Phi) is 3.96. The number of furan rings is 1. The molecule has 106 valence electrons. The van der Waals surface area contributed by atoms with Gasteiger partial charge in [-0.3, -0.25) is 4.79 Å². The third-order valence-corrected chi connectivity index (χ3v) is 3.80. The summed E-state index contributed by atoms with van der Waals surface area (Å²) in [5.41, 5.74) is 0. The zero-order valence-electron chi connectivity index (χ0n) is 11.0. The Balaban J connectivity index is 2.03. The molecule has 2 rings (SSSR count). The normalized spacial score (nSPS) is 20.5. The van der Waals surface area contributed by atoms with Crippen molar-refractivity contribution >= 4 is 15.9 Å². The summed E-state index contributed by atoms with van der Waals surface area (Å²) in [7, 11) is -3.24. The summed E-state index contributed by atoms with van der Waals surface area (Å²) < 4.78 is 30.3. The highest BCUT2D eigenvalue weighted by atomic mass is 32.2. The minimum atomic E-state index is -3.24. The molecule has 1 N–H and O–H groups in total. The number of aryl methyl sites for hydroxylation is 1. The van der Waals surface area contributed by atoms with Gasteiger partial charge in [0.1, 0.15) is 5.76 Å². The van der Waals surface area contributed by atoms with Gasteiger partial charge >= 0.3 is 0 Å². The Bertz CT molecular complexity index is 564. The predicted octanol–water partition coefficient (Wildman–Crippen LogP) is 0.742. The molecule has 0 aromatic carbocycles. The van der Waals surface area contributed by atoms with Crippen molar-refractivity contribution in [1.29, 1.82) is 0 Å². The number of piperidine rings is 1. The molecule has 6 nitrogen and oxygen atoms in total. The summed E-state index contributed by atoms with van der Waals surface area (Å²) in [5, 5.41) is 0. The van der Waals surface area contributed by atoms with Gasteiger partial charge < -0.3 is 9.32 Å². The van der Waals surface area contributed by atoms with Crippen molar-refractivity contribution in [2.75, 3.05) is 19.3 Å². The number of nitrogens with one attached hydrogen (secondary N) is 1. The van der Waals surface area contributed by atoms with Crippen molar-refractivity contribution in [3.05, 3.63) is 23.7 Å². The minimum absolute atomic E-state index is 0.187. The van der Waals surface area contributed by atoms with Crippen LogP contribution >= 0.6 is 0 Å². The van der Waals surface area contributed by atoms with E-state index in [0.29, 0.717) is 24.6 Å². The third kappa shape index (κ3) is 3.81. The second-order valence-electron chi connectivity index (χ2n) is 4.89. The van der Waals surface area contributed by atoms with Crippen LogP contribution in [0, 0.1) is 6.92 Å². The maximum Gasteiger partial charge on any atom is 0.289 e. The Morgan fingerprint density at radius 1 is 1.47 bits per heavy atom. The van der Waals surface area contributed by atoms with Crippen LogP contribution in [0.3, 0.4) is 0 Å². The molecule has 1 fully saturated rings. The van der Waals surface area contributed by atoms with Gasteiger partial charge in [0.15, 0.2) is 5.76 Å². The number of likely N-dealkylation sites (tertiary alicyclic amines) is 1. The molecule has 0 bridgehead atoms. The van der Waals surface area contributed by atoms with Crippen molar-refractivity contribution in [2.24, 2.45) is 0 Å². The Morgan fingerprint density at radius 3 is 2.79 bits per heavy atom. The number of carbonyl (C=O) groups is 1. The van der Waals surface area contributed by atoms with E-state index >= 15 is 0 Å². The molecule has 0 radical (unpaired) electrons. The van der Waals surface area contributed by atoms with Crippen molar-refractivity contribution in [1.82, 2.24) is 9.62 Å². The highest BCUT2D eigenvalue weighted by Gasteiger charge is 2.27. The fraction of sp³-hybridized carbons (Fsp3) is 0.583. The first-order valence-corrected chi connectivity index (χ1v) is 8.07. The number of rotatable bonds is 3. The molecule has 0 spiro atoms. The third-order valence-electron chi connectivity index (χ3n) is 3.04. The predicted molar refractivity (Wildman–Crippen MR) is 70.4 cm³/mol. The van der Waals surface area contributed by atoms with E-state index in [1.54, 1.807) is 24.0 Å². The second kappa shape index (κ2) is 5.34. The van der Waals surface area contributed by atoms with Crippen LogP contribution in [-0.2, 0) is 10.0 Å². The molecule has 2 heterocycles. The molecule has 0 saturated carbocycles. The second-order valence-corrected chi connectivity index (χ2v) is 6.67. The highest BCUT2D eigenvalue weighted by molar-refractivity contribution is 7.88. The van der Waals surface area contributed by atoms with Crippen LogP contribution < -0.4 is 4.72 Å². The van der Waals surface area contributed by atoms with Crippen molar-refractivity contribution in [3.63, 3.8) is 0 Å². The molecular weight excluding hydrogens is 268 g/mol. The Hall–Kier alpha value is -1.34. The summed E-state index contributed by atoms with van der Waals surface area (Å²) in [6.07, 6.45) is 2.65. The fourth-order valence-corrected chi connectivity index (χ4v) is 3.06. The van der Waals surface area contributed by atoms with Crippen molar-refractivity contribution in [3.8, 4) is 0 Å². The van der Waals surface area contributed by atoms with Gasteiger partial charge in [-0.1, -0.05) is 0 Å². The van der Waals surface area contributed by atoms with Gasteiger partial charge in [-0.2, -0.15) is 0 Å². The average molecular weight is 286 g/mol. The van der Waals surface area contributed by atoms with Gasteiger partial charge in [-0.25, -0.2) is 13.1 Å². The molecule has 7 heteroatoms. The van der Waals surface area contributed by atoms with Crippen LogP contribution in [0.1, 0.15) is 29.2 Å². The van der Waals surface area contributed by atoms with Crippen LogP contribution in [0.5, 0.6) is 0 Å².